The van der Waals surface area contributed by atoms with Crippen LogP contribution in [0.5, 0.6) is 0 Å². The minimum atomic E-state index is -0.0488. The van der Waals surface area contributed by atoms with Crippen molar-refractivity contribution in [2.75, 3.05) is 6.61 Å². The third kappa shape index (κ3) is 3.79. The van der Waals surface area contributed by atoms with Crippen LogP contribution in [-0.4, -0.2) is 27.6 Å². The van der Waals surface area contributed by atoms with Gasteiger partial charge < -0.3 is 10.3 Å². The maximum absolute atomic E-state index is 10.9. The number of hydrogen-bond acceptors (Lipinski definition) is 4. The summed E-state index contributed by atoms with van der Waals surface area (Å²) in [5.74, 6) is 2.56. The van der Waals surface area contributed by atoms with Crippen LogP contribution < -0.4 is 0 Å². The Labute approximate surface area is 236 Å². The third-order valence-electron chi connectivity index (χ3n) is 13.8. The van der Waals surface area contributed by atoms with Crippen molar-refractivity contribution in [2.24, 2.45) is 61.8 Å². The number of oxime groups is 1. The van der Waals surface area contributed by atoms with Gasteiger partial charge in [0.15, 0.2) is 0 Å². The first kappa shape index (κ1) is 27.2. The van der Waals surface area contributed by atoms with Crippen molar-refractivity contribution in [3.05, 3.63) is 48.3 Å². The summed E-state index contributed by atoms with van der Waals surface area (Å²) in [7, 11) is 0. The van der Waals surface area contributed by atoms with E-state index >= 15 is 0 Å². The maximum atomic E-state index is 10.9. The summed E-state index contributed by atoms with van der Waals surface area (Å²) in [5, 5.41) is 25.1. The van der Waals surface area contributed by atoms with E-state index < -0.39 is 0 Å². The lowest BCUT2D eigenvalue weighted by Gasteiger charge is -2.72. The Morgan fingerprint density at radius 2 is 1.82 bits per heavy atom. The van der Waals surface area contributed by atoms with Crippen LogP contribution in [0.1, 0.15) is 98.0 Å². The normalized spacial score (nSPS) is 46.8. The average molecular weight is 531 g/mol. The van der Waals surface area contributed by atoms with E-state index in [0.29, 0.717) is 22.7 Å². The molecule has 4 saturated carbocycles. The van der Waals surface area contributed by atoms with Crippen LogP contribution in [-0.2, 0) is 0 Å². The molecule has 9 atom stereocenters. The molecule has 4 nitrogen and oxygen atoms in total. The zero-order valence-corrected chi connectivity index (χ0v) is 24.9. The number of rotatable bonds is 4. The molecule has 1 aromatic rings. The lowest BCUT2D eigenvalue weighted by molar-refractivity contribution is -0.228. The van der Waals surface area contributed by atoms with Crippen LogP contribution in [0, 0.1) is 56.7 Å². The first-order valence-corrected chi connectivity index (χ1v) is 15.6. The van der Waals surface area contributed by atoms with E-state index in [1.807, 2.05) is 30.5 Å². The molecule has 1 aromatic heterocycles. The first-order chi connectivity index (χ1) is 18.5. The van der Waals surface area contributed by atoms with Gasteiger partial charge in [-0.15, -0.1) is 0 Å². The summed E-state index contributed by atoms with van der Waals surface area (Å²) in [6.07, 6.45) is 23.4. The molecule has 0 bridgehead atoms. The highest BCUT2D eigenvalue weighted by Gasteiger charge is 2.70. The highest BCUT2D eigenvalue weighted by molar-refractivity contribution is 6.00. The minimum Gasteiger partial charge on any atom is -0.411 e. The second-order valence-corrected chi connectivity index (χ2v) is 15.4. The van der Waals surface area contributed by atoms with E-state index in [0.717, 1.165) is 42.4 Å². The molecule has 4 heteroatoms. The molecule has 0 unspecified atom stereocenters. The van der Waals surface area contributed by atoms with Gasteiger partial charge in [-0.2, -0.15) is 0 Å². The molecule has 6 rings (SSSR count). The SMILES string of the molecule is CC1(C)C=CC[C@]2(C)[C@H]3CC[C@@H]4[C@H]5[C@H](C(/C=C/c6cccnc6)=N/O)CC[C@]5(CO)CC[C@@]4(C)[C@]3(C)CC[C@@H]12. The third-order valence-corrected chi connectivity index (χ3v) is 13.8. The van der Waals surface area contributed by atoms with Crippen LogP contribution in [0.25, 0.3) is 6.08 Å². The van der Waals surface area contributed by atoms with Crippen molar-refractivity contribution < 1.29 is 10.3 Å². The van der Waals surface area contributed by atoms with Crippen molar-refractivity contribution in [1.29, 1.82) is 0 Å². The number of fused-ring (bicyclic) bond motifs is 7. The van der Waals surface area contributed by atoms with Crippen molar-refractivity contribution >= 4 is 11.8 Å². The number of hydrogen-bond donors (Lipinski definition) is 2. The van der Waals surface area contributed by atoms with Gasteiger partial charge in [-0.1, -0.05) is 64.1 Å². The fourth-order valence-corrected chi connectivity index (χ4v) is 11.8. The van der Waals surface area contributed by atoms with Gasteiger partial charge in [-0.05, 0) is 126 Å². The second kappa shape index (κ2) is 9.29. The predicted octanol–water partition coefficient (Wildman–Crippen LogP) is 8.16. The van der Waals surface area contributed by atoms with Gasteiger partial charge >= 0.3 is 0 Å². The molecular weight excluding hydrogens is 480 g/mol. The summed E-state index contributed by atoms with van der Waals surface area (Å²) in [6, 6.07) is 3.97. The van der Waals surface area contributed by atoms with Crippen LogP contribution in [0.2, 0.25) is 0 Å². The predicted molar refractivity (Wildman–Crippen MR) is 158 cm³/mol. The summed E-state index contributed by atoms with van der Waals surface area (Å²) >= 11 is 0. The van der Waals surface area contributed by atoms with E-state index in [4.69, 9.17) is 0 Å². The second-order valence-electron chi connectivity index (χ2n) is 15.4. The fraction of sp³-hybridized carbons (Fsp3) is 0.714. The van der Waals surface area contributed by atoms with Crippen molar-refractivity contribution in [3.8, 4) is 0 Å². The molecule has 212 valence electrons. The van der Waals surface area contributed by atoms with Gasteiger partial charge in [0.25, 0.3) is 0 Å². The van der Waals surface area contributed by atoms with Gasteiger partial charge in [0.05, 0.1) is 5.71 Å². The monoisotopic (exact) mass is 530 g/mol. The summed E-state index contributed by atoms with van der Waals surface area (Å²) < 4.78 is 0. The van der Waals surface area contributed by atoms with Crippen molar-refractivity contribution in [3.63, 3.8) is 0 Å². The van der Waals surface area contributed by atoms with Gasteiger partial charge in [-0.3, -0.25) is 4.98 Å². The Kier molecular flexibility index (Phi) is 6.49. The zero-order valence-electron chi connectivity index (χ0n) is 24.9. The zero-order chi connectivity index (χ0) is 27.7. The molecule has 39 heavy (non-hydrogen) atoms. The molecule has 1 heterocycles. The van der Waals surface area contributed by atoms with Gasteiger partial charge in [-0.25, -0.2) is 0 Å². The molecule has 0 saturated heterocycles. The molecule has 0 aromatic carbocycles. The van der Waals surface area contributed by atoms with E-state index in [1.54, 1.807) is 6.20 Å². The van der Waals surface area contributed by atoms with E-state index in [-0.39, 0.29) is 28.8 Å². The van der Waals surface area contributed by atoms with Gasteiger partial charge in [0, 0.05) is 24.9 Å². The smallest absolute Gasteiger partial charge is 0.0829 e. The number of aliphatic hydroxyl groups excluding tert-OH is 1. The molecule has 5 aliphatic carbocycles. The molecule has 5 aliphatic rings. The molecule has 0 amide bonds. The van der Waals surface area contributed by atoms with Crippen LogP contribution >= 0.6 is 0 Å². The molecule has 0 radical (unpaired) electrons. The van der Waals surface area contributed by atoms with Crippen LogP contribution in [0.3, 0.4) is 0 Å². The van der Waals surface area contributed by atoms with E-state index in [9.17, 15) is 10.3 Å². The largest absolute Gasteiger partial charge is 0.411 e. The summed E-state index contributed by atoms with van der Waals surface area (Å²) in [5.41, 5.74) is 2.89. The standard InChI is InChI=1S/C35H50N2O2/c1-31(2)15-7-16-32(3)28(31)14-17-34(5)29(32)12-10-26-30-25(13-18-35(30,23-38)20-19-33(26,34)4)27(37-39)11-9-24-8-6-21-36-22-24/h6-9,11,15,21-22,25-26,28-30,38-39H,10,12-14,16-20,23H2,1-5H3/b11-9+,37-27+/t25-,26+,28-,29+,30+,32-,33+,34+,35+/m0/s1. The fourth-order valence-electron chi connectivity index (χ4n) is 11.8. The van der Waals surface area contributed by atoms with Crippen LogP contribution in [0.4, 0.5) is 0 Å². The molecule has 2 N–H and O–H groups in total. The maximum Gasteiger partial charge on any atom is 0.0829 e. The lowest BCUT2D eigenvalue weighted by atomic mass is 9.33. The minimum absolute atomic E-state index is 0.0488. The highest BCUT2D eigenvalue weighted by atomic mass is 16.4. The van der Waals surface area contributed by atoms with E-state index in [2.05, 4.69) is 56.9 Å². The first-order valence-electron chi connectivity index (χ1n) is 15.6. The topological polar surface area (TPSA) is 65.7 Å². The highest BCUT2D eigenvalue weighted by Crippen LogP contribution is 2.76. The summed E-state index contributed by atoms with van der Waals surface area (Å²) in [6.45, 7) is 13.1. The van der Waals surface area contributed by atoms with Crippen molar-refractivity contribution in [2.45, 2.75) is 92.4 Å². The van der Waals surface area contributed by atoms with Gasteiger partial charge in [0.1, 0.15) is 0 Å². The number of aliphatic hydroxyl groups is 1. The Bertz CT molecular complexity index is 1170. The number of aromatic nitrogens is 1. The Balaban J connectivity index is 1.36. The Morgan fingerprint density at radius 3 is 2.54 bits per heavy atom. The lowest BCUT2D eigenvalue weighted by Crippen LogP contribution is -2.65. The Morgan fingerprint density at radius 1 is 1.00 bits per heavy atom. The molecular formula is C35H50N2O2. The molecule has 0 aliphatic heterocycles. The summed E-state index contributed by atoms with van der Waals surface area (Å²) in [4.78, 5) is 4.24. The van der Waals surface area contributed by atoms with Gasteiger partial charge in [0.2, 0.25) is 0 Å². The number of allylic oxidation sites excluding steroid dienone is 3. The molecule has 4 fully saturated rings. The number of pyridine rings is 1. The number of nitrogens with zero attached hydrogens (tertiary/aromatic N) is 2. The van der Waals surface area contributed by atoms with E-state index in [1.165, 1.54) is 38.5 Å². The Hall–Kier alpha value is -1.94. The quantitative estimate of drug-likeness (QED) is 0.179. The van der Waals surface area contributed by atoms with Crippen molar-refractivity contribution in [1.82, 2.24) is 4.98 Å². The van der Waals surface area contributed by atoms with Crippen LogP contribution in [0.15, 0.2) is 47.9 Å². The molecule has 0 spiro atoms. The average Bonchev–Trinajstić information content (AvgIpc) is 3.29.